The number of rotatable bonds is 5. The van der Waals surface area contributed by atoms with E-state index in [1.165, 1.54) is 0 Å². The second-order valence-corrected chi connectivity index (χ2v) is 4.34. The molecule has 4 nitrogen and oxygen atoms in total. The van der Waals surface area contributed by atoms with Crippen LogP contribution in [0.4, 0.5) is 5.69 Å². The first-order valence-electron chi connectivity index (χ1n) is 6.24. The minimum atomic E-state index is 0.0233. The van der Waals surface area contributed by atoms with Crippen molar-refractivity contribution in [2.45, 2.75) is 13.5 Å². The summed E-state index contributed by atoms with van der Waals surface area (Å²) in [5.74, 6) is 0.879. The number of hydrogen-bond acceptors (Lipinski definition) is 3. The van der Waals surface area contributed by atoms with E-state index < -0.39 is 0 Å². The van der Waals surface area contributed by atoms with E-state index in [-0.39, 0.29) is 5.56 Å². The first-order chi connectivity index (χ1) is 9.20. The van der Waals surface area contributed by atoms with E-state index in [2.05, 4.69) is 5.32 Å². The molecule has 100 valence electrons. The first-order valence-corrected chi connectivity index (χ1v) is 6.24. The third kappa shape index (κ3) is 3.37. The van der Waals surface area contributed by atoms with Crippen LogP contribution < -0.4 is 15.6 Å². The van der Waals surface area contributed by atoms with Crippen LogP contribution in [0.5, 0.6) is 5.75 Å². The largest absolute Gasteiger partial charge is 0.496 e. The number of nitrogens with one attached hydrogen (secondary N) is 1. The number of pyridine rings is 1. The summed E-state index contributed by atoms with van der Waals surface area (Å²) >= 11 is 0. The van der Waals surface area contributed by atoms with Crippen LogP contribution >= 0.6 is 0 Å². The molecule has 0 amide bonds. The van der Waals surface area contributed by atoms with Crippen LogP contribution in [-0.2, 0) is 6.54 Å². The first kappa shape index (κ1) is 13.2. The highest BCUT2D eigenvalue weighted by Crippen LogP contribution is 2.21. The monoisotopic (exact) mass is 258 g/mol. The van der Waals surface area contributed by atoms with Crippen molar-refractivity contribution in [3.63, 3.8) is 0 Å². The van der Waals surface area contributed by atoms with Crippen LogP contribution in [0.1, 0.15) is 5.56 Å². The number of benzene rings is 1. The SMILES string of the molecule is COc1ccc(NCCn2ccccc2=O)cc1C. The van der Waals surface area contributed by atoms with Gasteiger partial charge in [-0.2, -0.15) is 0 Å². The molecule has 0 saturated carbocycles. The molecule has 1 aromatic carbocycles. The Balaban J connectivity index is 1.95. The molecule has 0 fully saturated rings. The smallest absolute Gasteiger partial charge is 0.250 e. The van der Waals surface area contributed by atoms with E-state index in [0.29, 0.717) is 13.1 Å². The number of aromatic nitrogens is 1. The average molecular weight is 258 g/mol. The Labute approximate surface area is 112 Å². The van der Waals surface area contributed by atoms with Gasteiger partial charge in [0.2, 0.25) is 0 Å². The summed E-state index contributed by atoms with van der Waals surface area (Å²) in [6.07, 6.45) is 1.79. The van der Waals surface area contributed by atoms with Gasteiger partial charge in [0.15, 0.2) is 0 Å². The van der Waals surface area contributed by atoms with Crippen molar-refractivity contribution >= 4 is 5.69 Å². The molecule has 19 heavy (non-hydrogen) atoms. The lowest BCUT2D eigenvalue weighted by Gasteiger charge is -2.10. The molecule has 1 heterocycles. The normalized spacial score (nSPS) is 10.2. The number of aryl methyl sites for hydroxylation is 1. The molecule has 0 aliphatic rings. The summed E-state index contributed by atoms with van der Waals surface area (Å²) in [4.78, 5) is 11.5. The summed E-state index contributed by atoms with van der Waals surface area (Å²) in [5, 5.41) is 3.30. The highest BCUT2D eigenvalue weighted by atomic mass is 16.5. The molecule has 0 spiro atoms. The minimum absolute atomic E-state index is 0.0233. The summed E-state index contributed by atoms with van der Waals surface area (Å²) in [7, 11) is 1.66. The van der Waals surface area contributed by atoms with Crippen molar-refractivity contribution in [1.82, 2.24) is 4.57 Å². The topological polar surface area (TPSA) is 43.3 Å². The van der Waals surface area contributed by atoms with Gasteiger partial charge in [0.1, 0.15) is 5.75 Å². The number of nitrogens with zero attached hydrogens (tertiary/aromatic N) is 1. The predicted molar refractivity (Wildman–Crippen MR) is 76.9 cm³/mol. The van der Waals surface area contributed by atoms with Crippen LogP contribution in [-0.4, -0.2) is 18.2 Å². The van der Waals surface area contributed by atoms with Crippen molar-refractivity contribution in [3.8, 4) is 5.75 Å². The molecule has 0 bridgehead atoms. The second kappa shape index (κ2) is 6.09. The van der Waals surface area contributed by atoms with E-state index in [0.717, 1.165) is 17.0 Å². The molecule has 4 heteroatoms. The van der Waals surface area contributed by atoms with Gasteiger partial charge in [-0.15, -0.1) is 0 Å². The predicted octanol–water partition coefficient (Wildman–Crippen LogP) is 2.28. The number of anilines is 1. The van der Waals surface area contributed by atoms with Crippen LogP contribution in [0.3, 0.4) is 0 Å². The van der Waals surface area contributed by atoms with Gasteiger partial charge in [0, 0.05) is 31.0 Å². The Morgan fingerprint density at radius 3 is 2.79 bits per heavy atom. The third-order valence-corrected chi connectivity index (χ3v) is 2.98. The van der Waals surface area contributed by atoms with Crippen LogP contribution in [0.15, 0.2) is 47.4 Å². The maximum atomic E-state index is 11.5. The zero-order valence-corrected chi connectivity index (χ0v) is 11.2. The Kier molecular flexibility index (Phi) is 4.23. The van der Waals surface area contributed by atoms with Gasteiger partial charge in [0.25, 0.3) is 5.56 Å². The third-order valence-electron chi connectivity index (χ3n) is 2.98. The quantitative estimate of drug-likeness (QED) is 0.894. The maximum absolute atomic E-state index is 11.5. The molecule has 0 aliphatic carbocycles. The highest BCUT2D eigenvalue weighted by molar-refractivity contribution is 5.50. The second-order valence-electron chi connectivity index (χ2n) is 4.34. The zero-order chi connectivity index (χ0) is 13.7. The van der Waals surface area contributed by atoms with Crippen LogP contribution in [0, 0.1) is 6.92 Å². The van der Waals surface area contributed by atoms with Gasteiger partial charge in [-0.25, -0.2) is 0 Å². The lowest BCUT2D eigenvalue weighted by Crippen LogP contribution is -2.21. The molecule has 1 aromatic heterocycles. The Morgan fingerprint density at radius 1 is 1.26 bits per heavy atom. The van der Waals surface area contributed by atoms with E-state index in [4.69, 9.17) is 4.74 Å². The van der Waals surface area contributed by atoms with Crippen LogP contribution in [0.25, 0.3) is 0 Å². The molecule has 0 unspecified atom stereocenters. The summed E-state index contributed by atoms with van der Waals surface area (Å²) in [6.45, 7) is 3.35. The minimum Gasteiger partial charge on any atom is -0.496 e. The summed E-state index contributed by atoms with van der Waals surface area (Å²) in [5.41, 5.74) is 2.14. The van der Waals surface area contributed by atoms with Gasteiger partial charge < -0.3 is 14.6 Å². The fourth-order valence-corrected chi connectivity index (χ4v) is 1.95. The van der Waals surface area contributed by atoms with Crippen molar-refractivity contribution in [2.24, 2.45) is 0 Å². The molecule has 0 atom stereocenters. The fourth-order valence-electron chi connectivity index (χ4n) is 1.95. The van der Waals surface area contributed by atoms with Gasteiger partial charge in [0.05, 0.1) is 7.11 Å². The number of hydrogen-bond donors (Lipinski definition) is 1. The molecule has 2 rings (SSSR count). The lowest BCUT2D eigenvalue weighted by atomic mass is 10.2. The molecule has 2 aromatic rings. The van der Waals surface area contributed by atoms with Crippen molar-refractivity contribution in [2.75, 3.05) is 19.0 Å². The van der Waals surface area contributed by atoms with E-state index in [9.17, 15) is 4.79 Å². The molecule has 0 saturated heterocycles. The molecule has 0 radical (unpaired) electrons. The Morgan fingerprint density at radius 2 is 2.11 bits per heavy atom. The average Bonchev–Trinajstić information content (AvgIpc) is 2.41. The Hall–Kier alpha value is -2.23. The maximum Gasteiger partial charge on any atom is 0.250 e. The molecular weight excluding hydrogens is 240 g/mol. The Bertz CT molecular complexity index is 605. The number of methoxy groups -OCH3 is 1. The molecular formula is C15H18N2O2. The van der Waals surface area contributed by atoms with E-state index >= 15 is 0 Å². The van der Waals surface area contributed by atoms with Crippen molar-refractivity contribution in [3.05, 3.63) is 58.5 Å². The van der Waals surface area contributed by atoms with Gasteiger partial charge in [-0.05, 0) is 36.8 Å². The fraction of sp³-hybridized carbons (Fsp3) is 0.267. The molecule has 1 N–H and O–H groups in total. The van der Waals surface area contributed by atoms with E-state index in [1.54, 1.807) is 30.0 Å². The van der Waals surface area contributed by atoms with Gasteiger partial charge >= 0.3 is 0 Å². The standard InChI is InChI=1S/C15H18N2O2/c1-12-11-13(6-7-14(12)19-2)16-8-10-17-9-4-3-5-15(17)18/h3-7,9,11,16H,8,10H2,1-2H3. The summed E-state index contributed by atoms with van der Waals surface area (Å²) in [6, 6.07) is 11.1. The van der Waals surface area contributed by atoms with E-state index in [1.807, 2.05) is 31.2 Å². The van der Waals surface area contributed by atoms with Gasteiger partial charge in [-0.1, -0.05) is 6.07 Å². The van der Waals surface area contributed by atoms with Crippen molar-refractivity contribution < 1.29 is 4.74 Å². The zero-order valence-electron chi connectivity index (χ0n) is 11.2. The van der Waals surface area contributed by atoms with Gasteiger partial charge in [-0.3, -0.25) is 4.79 Å². The molecule has 0 aliphatic heterocycles. The highest BCUT2D eigenvalue weighted by Gasteiger charge is 1.99. The number of ether oxygens (including phenoxy) is 1. The lowest BCUT2D eigenvalue weighted by molar-refractivity contribution is 0.412. The summed E-state index contributed by atoms with van der Waals surface area (Å²) < 4.78 is 6.90. The van der Waals surface area contributed by atoms with Crippen molar-refractivity contribution in [1.29, 1.82) is 0 Å². The van der Waals surface area contributed by atoms with Crippen LogP contribution in [0.2, 0.25) is 0 Å².